The molecular formula is C21H20N4O4S. The molecule has 1 aliphatic heterocycles. The lowest BCUT2D eigenvalue weighted by atomic mass is 10.1. The predicted octanol–water partition coefficient (Wildman–Crippen LogP) is 4.04. The number of fused-ring (bicyclic) bond motifs is 3. The van der Waals surface area contributed by atoms with Gasteiger partial charge in [-0.15, -0.1) is 16.8 Å². The summed E-state index contributed by atoms with van der Waals surface area (Å²) in [6.07, 6.45) is 1.14. The maximum atomic E-state index is 10.2. The lowest BCUT2D eigenvalue weighted by molar-refractivity contribution is 0.223. The van der Waals surface area contributed by atoms with E-state index in [0.29, 0.717) is 28.0 Å². The van der Waals surface area contributed by atoms with Crippen LogP contribution in [0.3, 0.4) is 0 Å². The third-order valence-electron chi connectivity index (χ3n) is 4.47. The third-order valence-corrected chi connectivity index (χ3v) is 5.30. The number of aromatic nitrogens is 3. The van der Waals surface area contributed by atoms with Crippen molar-refractivity contribution in [3.05, 3.63) is 54.6 Å². The molecule has 1 atom stereocenters. The molecule has 0 spiro atoms. The van der Waals surface area contributed by atoms with Gasteiger partial charge in [-0.3, -0.25) is 0 Å². The molecule has 0 fully saturated rings. The minimum absolute atomic E-state index is 0.0784. The van der Waals surface area contributed by atoms with Gasteiger partial charge in [0.05, 0.1) is 14.2 Å². The van der Waals surface area contributed by atoms with Crippen LogP contribution in [0.15, 0.2) is 54.2 Å². The third kappa shape index (κ3) is 3.71. The molecule has 1 aromatic heterocycles. The van der Waals surface area contributed by atoms with E-state index in [-0.39, 0.29) is 17.2 Å². The van der Waals surface area contributed by atoms with Crippen LogP contribution in [0.25, 0.3) is 11.3 Å². The number of benzene rings is 2. The number of nitrogens with zero attached hydrogens (tertiary/aromatic N) is 3. The zero-order valence-electron chi connectivity index (χ0n) is 16.5. The first-order chi connectivity index (χ1) is 14.6. The Balaban J connectivity index is 1.82. The monoisotopic (exact) mass is 424 g/mol. The number of phenols is 1. The van der Waals surface area contributed by atoms with Crippen molar-refractivity contribution >= 4 is 17.4 Å². The Kier molecular flexibility index (Phi) is 5.62. The Morgan fingerprint density at radius 2 is 1.93 bits per heavy atom. The van der Waals surface area contributed by atoms with Crippen LogP contribution in [0.4, 0.5) is 5.69 Å². The summed E-state index contributed by atoms with van der Waals surface area (Å²) >= 11 is 1.42. The molecule has 0 aliphatic carbocycles. The van der Waals surface area contributed by atoms with Gasteiger partial charge in [0.1, 0.15) is 0 Å². The highest BCUT2D eigenvalue weighted by atomic mass is 32.2. The zero-order valence-corrected chi connectivity index (χ0v) is 17.3. The van der Waals surface area contributed by atoms with Crippen LogP contribution in [0, 0.1) is 0 Å². The first kappa shape index (κ1) is 19.8. The lowest BCUT2D eigenvalue weighted by Gasteiger charge is -2.21. The summed E-state index contributed by atoms with van der Waals surface area (Å²) in [5.41, 5.74) is 2.87. The quantitative estimate of drug-likeness (QED) is 0.448. The summed E-state index contributed by atoms with van der Waals surface area (Å²) in [4.78, 5) is 4.56. The standard InChI is InChI=1S/C21H20N4O4S/c1-4-9-30-21-23-20-17(24-25-21)13-7-5-6-8-14(13)22-19(29-20)12-10-15(27-2)18(26)16(11-12)28-3/h4-8,10-11,19,22,26H,1,9H2,2-3H3/t19-/m0/s1. The summed E-state index contributed by atoms with van der Waals surface area (Å²) in [5.74, 6) is 1.48. The van der Waals surface area contributed by atoms with Gasteiger partial charge < -0.3 is 24.6 Å². The SMILES string of the molecule is C=CCSc1nnc2c(n1)O[C@@H](c1cc(OC)c(O)c(OC)c1)Nc1ccccc1-2. The Labute approximate surface area is 177 Å². The molecule has 0 unspecified atom stereocenters. The number of nitrogens with one attached hydrogen (secondary N) is 1. The van der Waals surface area contributed by atoms with Crippen molar-refractivity contribution in [2.24, 2.45) is 0 Å². The van der Waals surface area contributed by atoms with Gasteiger partial charge in [0, 0.05) is 22.6 Å². The second kappa shape index (κ2) is 8.50. The van der Waals surface area contributed by atoms with E-state index in [2.05, 4.69) is 27.1 Å². The van der Waals surface area contributed by atoms with Crippen LogP contribution in [0.5, 0.6) is 23.1 Å². The van der Waals surface area contributed by atoms with Crippen LogP contribution in [-0.4, -0.2) is 40.3 Å². The fourth-order valence-electron chi connectivity index (χ4n) is 3.06. The van der Waals surface area contributed by atoms with E-state index in [9.17, 15) is 5.11 Å². The molecule has 8 nitrogen and oxygen atoms in total. The van der Waals surface area contributed by atoms with Crippen LogP contribution in [0.1, 0.15) is 11.8 Å². The minimum Gasteiger partial charge on any atom is -0.502 e. The molecule has 9 heteroatoms. The number of thioether (sulfide) groups is 1. The van der Waals surface area contributed by atoms with E-state index in [1.54, 1.807) is 18.2 Å². The highest BCUT2D eigenvalue weighted by Crippen LogP contribution is 2.43. The summed E-state index contributed by atoms with van der Waals surface area (Å²) in [7, 11) is 2.95. The fourth-order valence-corrected chi connectivity index (χ4v) is 3.57. The summed E-state index contributed by atoms with van der Waals surface area (Å²) in [6, 6.07) is 11.1. The number of para-hydroxylation sites is 1. The molecule has 4 rings (SSSR count). The molecule has 0 radical (unpaired) electrons. The van der Waals surface area contributed by atoms with Gasteiger partial charge in [-0.05, 0) is 18.2 Å². The normalized spacial score (nSPS) is 14.4. The molecule has 2 heterocycles. The highest BCUT2D eigenvalue weighted by molar-refractivity contribution is 7.99. The Morgan fingerprint density at radius 1 is 1.20 bits per heavy atom. The first-order valence-electron chi connectivity index (χ1n) is 9.10. The molecule has 3 aromatic rings. The number of anilines is 1. The van der Waals surface area contributed by atoms with E-state index in [1.165, 1.54) is 26.0 Å². The van der Waals surface area contributed by atoms with Crippen molar-refractivity contribution < 1.29 is 19.3 Å². The van der Waals surface area contributed by atoms with Gasteiger partial charge in [0.15, 0.2) is 23.4 Å². The Morgan fingerprint density at radius 3 is 2.63 bits per heavy atom. The van der Waals surface area contributed by atoms with E-state index >= 15 is 0 Å². The van der Waals surface area contributed by atoms with Crippen molar-refractivity contribution in [1.29, 1.82) is 0 Å². The maximum absolute atomic E-state index is 10.2. The molecule has 0 bridgehead atoms. The molecule has 154 valence electrons. The number of methoxy groups -OCH3 is 2. The number of hydrogen-bond acceptors (Lipinski definition) is 9. The van der Waals surface area contributed by atoms with Crippen molar-refractivity contribution in [3.63, 3.8) is 0 Å². The van der Waals surface area contributed by atoms with E-state index in [1.807, 2.05) is 24.3 Å². The molecule has 0 saturated heterocycles. The van der Waals surface area contributed by atoms with Crippen LogP contribution < -0.4 is 19.5 Å². The topological polar surface area (TPSA) is 98.6 Å². The molecule has 0 saturated carbocycles. The van der Waals surface area contributed by atoms with Crippen molar-refractivity contribution in [1.82, 2.24) is 15.2 Å². The smallest absolute Gasteiger partial charge is 0.247 e. The van der Waals surface area contributed by atoms with Crippen LogP contribution in [0.2, 0.25) is 0 Å². The van der Waals surface area contributed by atoms with Crippen LogP contribution >= 0.6 is 11.8 Å². The number of hydrogen-bond donors (Lipinski definition) is 2. The molecule has 2 aromatic carbocycles. The van der Waals surface area contributed by atoms with Gasteiger partial charge in [-0.25, -0.2) is 0 Å². The van der Waals surface area contributed by atoms with E-state index in [0.717, 1.165) is 11.3 Å². The Bertz CT molecular complexity index is 1070. The van der Waals surface area contributed by atoms with Gasteiger partial charge in [0.25, 0.3) is 0 Å². The van der Waals surface area contributed by atoms with Crippen molar-refractivity contribution in [3.8, 4) is 34.4 Å². The van der Waals surface area contributed by atoms with Gasteiger partial charge in [0.2, 0.25) is 16.8 Å². The molecular weight excluding hydrogens is 404 g/mol. The Hall–Kier alpha value is -3.46. The zero-order chi connectivity index (χ0) is 21.1. The number of aromatic hydroxyl groups is 1. The highest BCUT2D eigenvalue weighted by Gasteiger charge is 2.27. The second-order valence-electron chi connectivity index (χ2n) is 6.31. The largest absolute Gasteiger partial charge is 0.502 e. The predicted molar refractivity (Wildman–Crippen MR) is 114 cm³/mol. The summed E-state index contributed by atoms with van der Waals surface area (Å²) in [6.45, 7) is 3.72. The summed E-state index contributed by atoms with van der Waals surface area (Å²) < 4.78 is 16.8. The minimum atomic E-state index is -0.634. The fraction of sp³-hybridized carbons (Fsp3) is 0.190. The number of ether oxygens (including phenoxy) is 3. The number of rotatable bonds is 6. The van der Waals surface area contributed by atoms with Crippen molar-refractivity contribution in [2.45, 2.75) is 11.4 Å². The first-order valence-corrected chi connectivity index (χ1v) is 10.1. The van der Waals surface area contributed by atoms with Crippen molar-refractivity contribution in [2.75, 3.05) is 25.3 Å². The van der Waals surface area contributed by atoms with E-state index in [4.69, 9.17) is 14.2 Å². The number of phenolic OH excluding ortho intramolecular Hbond substituents is 1. The summed E-state index contributed by atoms with van der Waals surface area (Å²) in [5, 5.41) is 22.7. The molecule has 1 aliphatic rings. The van der Waals surface area contributed by atoms with E-state index < -0.39 is 6.23 Å². The van der Waals surface area contributed by atoms with Gasteiger partial charge >= 0.3 is 0 Å². The lowest BCUT2D eigenvalue weighted by Crippen LogP contribution is -2.17. The molecule has 0 amide bonds. The molecule has 2 N–H and O–H groups in total. The van der Waals surface area contributed by atoms with Gasteiger partial charge in [-0.1, -0.05) is 36.0 Å². The average Bonchev–Trinajstić information content (AvgIpc) is 2.94. The second-order valence-corrected chi connectivity index (χ2v) is 7.30. The maximum Gasteiger partial charge on any atom is 0.247 e. The molecule has 30 heavy (non-hydrogen) atoms. The van der Waals surface area contributed by atoms with Crippen LogP contribution in [-0.2, 0) is 0 Å². The van der Waals surface area contributed by atoms with Gasteiger partial charge in [-0.2, -0.15) is 4.98 Å². The average molecular weight is 424 g/mol.